The monoisotopic (exact) mass is 269 g/mol. The van der Waals surface area contributed by atoms with Crippen molar-refractivity contribution in [2.24, 2.45) is 5.92 Å². The molecule has 1 unspecified atom stereocenters. The summed E-state index contributed by atoms with van der Waals surface area (Å²) in [6.07, 6.45) is 0. The maximum absolute atomic E-state index is 11.9. The van der Waals surface area contributed by atoms with Crippen molar-refractivity contribution in [3.05, 3.63) is 34.3 Å². The van der Waals surface area contributed by atoms with E-state index in [1.165, 1.54) is 0 Å². The molecule has 1 aromatic rings. The van der Waals surface area contributed by atoms with Crippen molar-refractivity contribution in [3.63, 3.8) is 0 Å². The van der Waals surface area contributed by atoms with Gasteiger partial charge in [-0.3, -0.25) is 4.79 Å². The van der Waals surface area contributed by atoms with E-state index >= 15 is 0 Å². The number of hydrogen-bond acceptors (Lipinski definition) is 2. The molecule has 0 aliphatic carbocycles. The van der Waals surface area contributed by atoms with Gasteiger partial charge in [0, 0.05) is 17.1 Å². The number of rotatable bonds is 4. The Morgan fingerprint density at radius 1 is 1.50 bits per heavy atom. The first-order chi connectivity index (χ1) is 8.24. The minimum absolute atomic E-state index is 0.0689. The summed E-state index contributed by atoms with van der Waals surface area (Å²) in [5, 5.41) is 13.3. The second-order valence-corrected chi connectivity index (χ2v) is 5.57. The summed E-state index contributed by atoms with van der Waals surface area (Å²) in [6.45, 7) is 7.63. The summed E-state index contributed by atoms with van der Waals surface area (Å²) in [7, 11) is 0. The first kappa shape index (κ1) is 15.0. The van der Waals surface area contributed by atoms with E-state index in [0.717, 1.165) is 5.56 Å². The van der Waals surface area contributed by atoms with Crippen LogP contribution in [0.2, 0.25) is 5.02 Å². The van der Waals surface area contributed by atoms with Crippen LogP contribution >= 0.6 is 11.6 Å². The number of halogens is 1. The van der Waals surface area contributed by atoms with E-state index in [4.69, 9.17) is 11.6 Å². The highest BCUT2D eigenvalue weighted by molar-refractivity contribution is 6.31. The summed E-state index contributed by atoms with van der Waals surface area (Å²) < 4.78 is 0. The summed E-state index contributed by atoms with van der Waals surface area (Å²) in [5.74, 6) is -0.155. The molecule has 2 N–H and O–H groups in total. The molecule has 18 heavy (non-hydrogen) atoms. The Labute approximate surface area is 113 Å². The van der Waals surface area contributed by atoms with Gasteiger partial charge >= 0.3 is 0 Å². The van der Waals surface area contributed by atoms with Crippen LogP contribution in [0.3, 0.4) is 0 Å². The molecule has 0 fully saturated rings. The van der Waals surface area contributed by atoms with Crippen molar-refractivity contribution < 1.29 is 9.90 Å². The average Bonchev–Trinajstić information content (AvgIpc) is 2.29. The third-order valence-corrected chi connectivity index (χ3v) is 3.69. The standard InChI is InChI=1S/C14H20ClNO2/c1-9(2)14(4,18)8-16-13(17)11-6-5-10(3)12(15)7-11/h5-7,9,18H,8H2,1-4H3,(H,16,17). The lowest BCUT2D eigenvalue weighted by atomic mass is 9.92. The summed E-state index contributed by atoms with van der Waals surface area (Å²) in [5.41, 5.74) is 0.525. The number of carbonyl (C=O) groups excluding carboxylic acids is 1. The van der Waals surface area contributed by atoms with Crippen LogP contribution in [0, 0.1) is 12.8 Å². The van der Waals surface area contributed by atoms with Crippen LogP contribution in [-0.2, 0) is 0 Å². The third kappa shape index (κ3) is 3.72. The molecule has 0 spiro atoms. The van der Waals surface area contributed by atoms with E-state index in [-0.39, 0.29) is 18.4 Å². The van der Waals surface area contributed by atoms with Gasteiger partial charge in [0.25, 0.3) is 5.91 Å². The van der Waals surface area contributed by atoms with E-state index in [1.54, 1.807) is 25.1 Å². The zero-order valence-electron chi connectivity index (χ0n) is 11.2. The van der Waals surface area contributed by atoms with Gasteiger partial charge in [0.1, 0.15) is 0 Å². The Kier molecular flexibility index (Phi) is 4.77. The number of amides is 1. The van der Waals surface area contributed by atoms with E-state index in [0.29, 0.717) is 10.6 Å². The maximum Gasteiger partial charge on any atom is 0.251 e. The largest absolute Gasteiger partial charge is 0.388 e. The average molecular weight is 270 g/mol. The summed E-state index contributed by atoms with van der Waals surface area (Å²) in [6, 6.07) is 5.16. The zero-order chi connectivity index (χ0) is 13.9. The second-order valence-electron chi connectivity index (χ2n) is 5.16. The quantitative estimate of drug-likeness (QED) is 0.883. The molecule has 0 bridgehead atoms. The fourth-order valence-electron chi connectivity index (χ4n) is 1.30. The smallest absolute Gasteiger partial charge is 0.251 e. The predicted octanol–water partition coefficient (Wildman–Crippen LogP) is 2.79. The first-order valence-electron chi connectivity index (χ1n) is 6.01. The van der Waals surface area contributed by atoms with Gasteiger partial charge < -0.3 is 10.4 Å². The molecular formula is C14H20ClNO2. The predicted molar refractivity (Wildman–Crippen MR) is 74.0 cm³/mol. The first-order valence-corrected chi connectivity index (χ1v) is 6.38. The number of aliphatic hydroxyl groups is 1. The molecule has 1 atom stereocenters. The van der Waals surface area contributed by atoms with Crippen LogP contribution in [0.1, 0.15) is 36.7 Å². The van der Waals surface area contributed by atoms with Crippen molar-refractivity contribution in [2.75, 3.05) is 6.54 Å². The zero-order valence-corrected chi connectivity index (χ0v) is 12.0. The van der Waals surface area contributed by atoms with Gasteiger partial charge in [-0.1, -0.05) is 31.5 Å². The van der Waals surface area contributed by atoms with Gasteiger partial charge in [0.15, 0.2) is 0 Å². The molecule has 100 valence electrons. The fraction of sp³-hybridized carbons (Fsp3) is 0.500. The minimum Gasteiger partial charge on any atom is -0.388 e. The lowest BCUT2D eigenvalue weighted by Gasteiger charge is -2.27. The van der Waals surface area contributed by atoms with Crippen LogP contribution in [0.15, 0.2) is 18.2 Å². The Hall–Kier alpha value is -1.06. The lowest BCUT2D eigenvalue weighted by molar-refractivity contribution is 0.0142. The Balaban J connectivity index is 2.69. The Bertz CT molecular complexity index is 441. The minimum atomic E-state index is -0.913. The van der Waals surface area contributed by atoms with Gasteiger partial charge in [-0.25, -0.2) is 0 Å². The number of benzene rings is 1. The van der Waals surface area contributed by atoms with E-state index in [1.807, 2.05) is 20.8 Å². The second kappa shape index (κ2) is 5.72. The normalized spacial score (nSPS) is 14.4. The molecule has 1 rings (SSSR count). The fourth-order valence-corrected chi connectivity index (χ4v) is 1.48. The number of hydrogen-bond donors (Lipinski definition) is 2. The highest BCUT2D eigenvalue weighted by Gasteiger charge is 2.25. The highest BCUT2D eigenvalue weighted by Crippen LogP contribution is 2.17. The van der Waals surface area contributed by atoms with E-state index < -0.39 is 5.60 Å². The molecule has 0 aliphatic heterocycles. The van der Waals surface area contributed by atoms with Crippen molar-refractivity contribution in [3.8, 4) is 0 Å². The lowest BCUT2D eigenvalue weighted by Crippen LogP contribution is -2.44. The van der Waals surface area contributed by atoms with Crippen molar-refractivity contribution >= 4 is 17.5 Å². The number of carbonyl (C=O) groups is 1. The highest BCUT2D eigenvalue weighted by atomic mass is 35.5. The molecule has 1 aromatic carbocycles. The molecule has 4 heteroatoms. The SMILES string of the molecule is Cc1ccc(C(=O)NCC(C)(O)C(C)C)cc1Cl. The molecule has 0 radical (unpaired) electrons. The molecule has 1 amide bonds. The molecule has 0 saturated carbocycles. The van der Waals surface area contributed by atoms with Crippen molar-refractivity contribution in [2.45, 2.75) is 33.3 Å². The van der Waals surface area contributed by atoms with E-state index in [2.05, 4.69) is 5.32 Å². The summed E-state index contributed by atoms with van der Waals surface area (Å²) >= 11 is 5.97. The molecule has 0 aliphatic rings. The third-order valence-electron chi connectivity index (χ3n) is 3.28. The van der Waals surface area contributed by atoms with Crippen molar-refractivity contribution in [1.29, 1.82) is 0 Å². The molecular weight excluding hydrogens is 250 g/mol. The number of aryl methyl sites for hydroxylation is 1. The maximum atomic E-state index is 11.9. The Morgan fingerprint density at radius 2 is 2.11 bits per heavy atom. The van der Waals surface area contributed by atoms with Crippen molar-refractivity contribution in [1.82, 2.24) is 5.32 Å². The molecule has 3 nitrogen and oxygen atoms in total. The topological polar surface area (TPSA) is 49.3 Å². The van der Waals surface area contributed by atoms with Crippen LogP contribution in [-0.4, -0.2) is 23.2 Å². The molecule has 0 heterocycles. The van der Waals surface area contributed by atoms with Crippen LogP contribution in [0.4, 0.5) is 0 Å². The Morgan fingerprint density at radius 3 is 2.61 bits per heavy atom. The number of nitrogens with one attached hydrogen (secondary N) is 1. The van der Waals surface area contributed by atoms with Gasteiger partial charge in [0.2, 0.25) is 0 Å². The van der Waals surface area contributed by atoms with Gasteiger partial charge in [-0.2, -0.15) is 0 Å². The van der Waals surface area contributed by atoms with Crippen LogP contribution in [0.5, 0.6) is 0 Å². The molecule has 0 saturated heterocycles. The molecule has 0 aromatic heterocycles. The van der Waals surface area contributed by atoms with Gasteiger partial charge in [-0.05, 0) is 37.5 Å². The van der Waals surface area contributed by atoms with E-state index in [9.17, 15) is 9.90 Å². The van der Waals surface area contributed by atoms with Gasteiger partial charge in [0.05, 0.1) is 5.60 Å². The summed E-state index contributed by atoms with van der Waals surface area (Å²) in [4.78, 5) is 11.9. The van der Waals surface area contributed by atoms with Gasteiger partial charge in [-0.15, -0.1) is 0 Å². The van der Waals surface area contributed by atoms with Crippen LogP contribution < -0.4 is 5.32 Å². The van der Waals surface area contributed by atoms with Crippen LogP contribution in [0.25, 0.3) is 0 Å².